The summed E-state index contributed by atoms with van der Waals surface area (Å²) in [6.45, 7) is 0.0306. The normalized spacial score (nSPS) is 11.1. The number of hydrogen-bond acceptors (Lipinski definition) is 5. The highest BCUT2D eigenvalue weighted by atomic mass is 16.5. The van der Waals surface area contributed by atoms with Gasteiger partial charge in [-0.05, 0) is 23.8 Å². The van der Waals surface area contributed by atoms with Gasteiger partial charge >= 0.3 is 0 Å². The molecule has 1 aromatic carbocycles. The summed E-state index contributed by atoms with van der Waals surface area (Å²) in [5.74, 6) is -0.144. The molecule has 0 bridgehead atoms. The lowest BCUT2D eigenvalue weighted by Crippen LogP contribution is -2.14. The van der Waals surface area contributed by atoms with Crippen molar-refractivity contribution in [1.29, 1.82) is 0 Å². The zero-order valence-electron chi connectivity index (χ0n) is 11.6. The maximum Gasteiger partial charge on any atom is 0.267 e. The van der Waals surface area contributed by atoms with E-state index in [9.17, 15) is 9.59 Å². The Morgan fingerprint density at radius 3 is 2.64 bits per heavy atom. The summed E-state index contributed by atoms with van der Waals surface area (Å²) < 4.78 is 5.07. The fraction of sp³-hybridized carbons (Fsp3) is 0.0625. The Kier molecular flexibility index (Phi) is 5.39. The number of furan rings is 1. The zero-order valence-corrected chi connectivity index (χ0v) is 11.6. The smallest absolute Gasteiger partial charge is 0.267 e. The second-order valence-corrected chi connectivity index (χ2v) is 4.34. The minimum Gasteiger partial charge on any atom is -0.463 e. The van der Waals surface area contributed by atoms with Gasteiger partial charge < -0.3 is 4.42 Å². The molecule has 1 heterocycles. The number of benzene rings is 1. The molecular formula is C16H14N2O4. The topological polar surface area (TPSA) is 91.9 Å². The van der Waals surface area contributed by atoms with Crippen LogP contribution in [0.4, 0.5) is 0 Å². The maximum absolute atomic E-state index is 11.9. The Bertz CT molecular complexity index is 685. The van der Waals surface area contributed by atoms with Crippen molar-refractivity contribution in [3.05, 3.63) is 65.6 Å². The van der Waals surface area contributed by atoms with Crippen molar-refractivity contribution in [2.75, 3.05) is 6.54 Å². The summed E-state index contributed by atoms with van der Waals surface area (Å²) >= 11 is 0. The highest BCUT2D eigenvalue weighted by Gasteiger charge is 2.04. The van der Waals surface area contributed by atoms with Crippen molar-refractivity contribution in [2.45, 2.75) is 0 Å². The van der Waals surface area contributed by atoms with Crippen LogP contribution >= 0.6 is 0 Å². The molecule has 6 heteroatoms. The Hall–Kier alpha value is -2.99. The van der Waals surface area contributed by atoms with Crippen LogP contribution in [0.2, 0.25) is 0 Å². The molecule has 22 heavy (non-hydrogen) atoms. The first-order valence-electron chi connectivity index (χ1n) is 6.48. The summed E-state index contributed by atoms with van der Waals surface area (Å²) in [5, 5.41) is 8.37. The largest absolute Gasteiger partial charge is 0.463 e. The average Bonchev–Trinajstić information content (AvgIpc) is 3.06. The lowest BCUT2D eigenvalue weighted by Gasteiger charge is -1.99. The van der Waals surface area contributed by atoms with E-state index in [2.05, 4.69) is 4.99 Å². The van der Waals surface area contributed by atoms with Gasteiger partial charge in [0, 0.05) is 11.6 Å². The molecule has 0 spiro atoms. The molecule has 0 aliphatic rings. The molecule has 2 aromatic rings. The van der Waals surface area contributed by atoms with Crippen LogP contribution in [0.15, 0.2) is 58.1 Å². The lowest BCUT2D eigenvalue weighted by atomic mass is 10.1. The average molecular weight is 298 g/mol. The van der Waals surface area contributed by atoms with E-state index in [-0.39, 0.29) is 12.3 Å². The number of hydroxylamine groups is 1. The van der Waals surface area contributed by atoms with Crippen molar-refractivity contribution >= 4 is 24.0 Å². The number of nitrogens with zero attached hydrogens (tertiary/aromatic N) is 1. The van der Waals surface area contributed by atoms with Crippen molar-refractivity contribution in [3.8, 4) is 0 Å². The van der Waals surface area contributed by atoms with Gasteiger partial charge in [-0.1, -0.05) is 24.3 Å². The van der Waals surface area contributed by atoms with Crippen LogP contribution in [0.25, 0.3) is 6.08 Å². The maximum atomic E-state index is 11.9. The third-order valence-electron chi connectivity index (χ3n) is 2.77. The van der Waals surface area contributed by atoms with Crippen LogP contribution in [0, 0.1) is 0 Å². The number of ketones is 1. The van der Waals surface area contributed by atoms with E-state index in [1.807, 2.05) is 0 Å². The predicted molar refractivity (Wildman–Crippen MR) is 80.9 cm³/mol. The number of carbonyl (C=O) groups excluding carboxylic acids is 2. The Morgan fingerprint density at radius 1 is 1.23 bits per heavy atom. The van der Waals surface area contributed by atoms with Gasteiger partial charge in [0.1, 0.15) is 12.3 Å². The van der Waals surface area contributed by atoms with E-state index in [0.29, 0.717) is 11.3 Å². The Morgan fingerprint density at radius 2 is 2.00 bits per heavy atom. The zero-order chi connectivity index (χ0) is 15.8. The van der Waals surface area contributed by atoms with Gasteiger partial charge in [-0.15, -0.1) is 0 Å². The number of aliphatic imine (C=N–C) groups is 1. The predicted octanol–water partition coefficient (Wildman–Crippen LogP) is 2.10. The van der Waals surface area contributed by atoms with E-state index in [4.69, 9.17) is 9.62 Å². The first kappa shape index (κ1) is 15.4. The quantitative estimate of drug-likeness (QED) is 0.281. The van der Waals surface area contributed by atoms with Gasteiger partial charge in [0.25, 0.3) is 5.91 Å². The Balaban J connectivity index is 1.93. The van der Waals surface area contributed by atoms with Gasteiger partial charge in [0.2, 0.25) is 0 Å². The molecule has 112 valence electrons. The number of amides is 1. The minimum absolute atomic E-state index is 0.0306. The van der Waals surface area contributed by atoms with Crippen LogP contribution in [-0.4, -0.2) is 29.7 Å². The van der Waals surface area contributed by atoms with E-state index < -0.39 is 5.91 Å². The molecule has 0 unspecified atom stereocenters. The van der Waals surface area contributed by atoms with E-state index in [1.54, 1.807) is 36.4 Å². The highest BCUT2D eigenvalue weighted by molar-refractivity contribution is 5.99. The number of carbonyl (C=O) groups is 2. The molecule has 0 radical (unpaired) electrons. The first-order valence-corrected chi connectivity index (χ1v) is 6.48. The van der Waals surface area contributed by atoms with Crippen molar-refractivity contribution in [2.24, 2.45) is 4.99 Å². The second-order valence-electron chi connectivity index (χ2n) is 4.34. The van der Waals surface area contributed by atoms with Gasteiger partial charge in [-0.3, -0.25) is 19.8 Å². The molecule has 1 aromatic heterocycles. The second kappa shape index (κ2) is 7.70. The fourth-order valence-corrected chi connectivity index (χ4v) is 1.66. The molecule has 0 aliphatic carbocycles. The monoisotopic (exact) mass is 298 g/mol. The third-order valence-corrected chi connectivity index (χ3v) is 2.77. The first-order chi connectivity index (χ1) is 10.7. The van der Waals surface area contributed by atoms with Crippen LogP contribution in [-0.2, 0) is 4.79 Å². The van der Waals surface area contributed by atoms with E-state index in [0.717, 1.165) is 5.56 Å². The summed E-state index contributed by atoms with van der Waals surface area (Å²) in [4.78, 5) is 26.8. The molecule has 2 N–H and O–H groups in total. The fourth-order valence-electron chi connectivity index (χ4n) is 1.66. The highest BCUT2D eigenvalue weighted by Crippen LogP contribution is 2.07. The molecule has 0 saturated heterocycles. The lowest BCUT2D eigenvalue weighted by molar-refractivity contribution is -0.124. The van der Waals surface area contributed by atoms with Gasteiger partial charge in [0.15, 0.2) is 5.78 Å². The van der Waals surface area contributed by atoms with Crippen LogP contribution in [0.1, 0.15) is 21.7 Å². The van der Waals surface area contributed by atoms with Crippen molar-refractivity contribution in [1.82, 2.24) is 5.48 Å². The molecule has 1 amide bonds. The van der Waals surface area contributed by atoms with E-state index in [1.165, 1.54) is 30.1 Å². The number of nitrogens with one attached hydrogen (secondary N) is 1. The molecule has 0 saturated carbocycles. The standard InChI is InChI=1S/C16H14N2O4/c19-15(11-17-10-14-2-1-9-22-14)13-6-3-12(4-7-13)5-8-16(20)18-21/h1-10,21H,11H2,(H,18,20)/b8-5+,17-10?. The van der Waals surface area contributed by atoms with Gasteiger partial charge in [-0.2, -0.15) is 0 Å². The van der Waals surface area contributed by atoms with Crippen LogP contribution in [0.5, 0.6) is 0 Å². The molecular weight excluding hydrogens is 284 g/mol. The summed E-state index contributed by atoms with van der Waals surface area (Å²) in [6, 6.07) is 10.2. The number of rotatable bonds is 6. The summed E-state index contributed by atoms with van der Waals surface area (Å²) in [7, 11) is 0. The van der Waals surface area contributed by atoms with Crippen molar-refractivity contribution < 1.29 is 19.2 Å². The molecule has 0 fully saturated rings. The summed E-state index contributed by atoms with van der Waals surface area (Å²) in [5.41, 5.74) is 2.76. The minimum atomic E-state index is -0.618. The third kappa shape index (κ3) is 4.53. The number of Topliss-reactive ketones (excluding diaryl/α,β-unsaturated/α-hetero) is 1. The molecule has 0 aliphatic heterocycles. The summed E-state index contributed by atoms with van der Waals surface area (Å²) in [6.07, 6.45) is 5.74. The van der Waals surface area contributed by atoms with Crippen LogP contribution < -0.4 is 5.48 Å². The molecule has 6 nitrogen and oxygen atoms in total. The number of hydrogen-bond donors (Lipinski definition) is 2. The van der Waals surface area contributed by atoms with E-state index >= 15 is 0 Å². The van der Waals surface area contributed by atoms with Gasteiger partial charge in [0.05, 0.1) is 12.5 Å². The molecule has 0 atom stereocenters. The Labute approximate surface area is 126 Å². The molecule has 2 rings (SSSR count). The van der Waals surface area contributed by atoms with Crippen LogP contribution in [0.3, 0.4) is 0 Å². The SMILES string of the molecule is O=C(/C=C/c1ccc(C(=O)CN=Cc2ccco2)cc1)NO. The van der Waals surface area contributed by atoms with Gasteiger partial charge in [-0.25, -0.2) is 5.48 Å². The van der Waals surface area contributed by atoms with Crippen molar-refractivity contribution in [3.63, 3.8) is 0 Å².